The van der Waals surface area contributed by atoms with Crippen molar-refractivity contribution in [3.8, 4) is 11.8 Å². The van der Waals surface area contributed by atoms with Gasteiger partial charge in [-0.15, -0.1) is 0 Å². The van der Waals surface area contributed by atoms with E-state index in [1.807, 2.05) is 37.3 Å². The van der Waals surface area contributed by atoms with Crippen LogP contribution in [0.5, 0.6) is 0 Å². The first-order valence-electron chi connectivity index (χ1n) is 6.80. The summed E-state index contributed by atoms with van der Waals surface area (Å²) in [4.78, 5) is 15.6. The van der Waals surface area contributed by atoms with E-state index < -0.39 is 6.09 Å². The molecule has 0 fully saturated rings. The van der Waals surface area contributed by atoms with Crippen molar-refractivity contribution >= 4 is 11.8 Å². The number of nitrogens with one attached hydrogen (secondary N) is 1. The molecule has 5 heteroatoms. The zero-order valence-electron chi connectivity index (χ0n) is 12.3. The molecule has 1 amide bonds. The Hall–Kier alpha value is -3.00. The van der Waals surface area contributed by atoms with Gasteiger partial charge in [0.05, 0.1) is 18.4 Å². The number of nitrogen functional groups attached to an aromatic ring is 1. The third-order valence-electron chi connectivity index (χ3n) is 2.90. The molecule has 5 nitrogen and oxygen atoms in total. The monoisotopic (exact) mass is 295 g/mol. The summed E-state index contributed by atoms with van der Waals surface area (Å²) < 4.78 is 5.07. The van der Waals surface area contributed by atoms with E-state index in [2.05, 4.69) is 22.1 Å². The molecule has 0 atom stereocenters. The number of aryl methyl sites for hydroxylation is 1. The molecule has 112 valence electrons. The minimum absolute atomic E-state index is 0.193. The smallest absolute Gasteiger partial charge is 0.408 e. The topological polar surface area (TPSA) is 77.2 Å². The Kier molecular flexibility index (Phi) is 5.38. The fraction of sp³-hybridized carbons (Fsp3) is 0.176. The Morgan fingerprint density at radius 2 is 2.14 bits per heavy atom. The summed E-state index contributed by atoms with van der Waals surface area (Å²) >= 11 is 0. The Morgan fingerprint density at radius 3 is 2.86 bits per heavy atom. The van der Waals surface area contributed by atoms with Crippen molar-refractivity contribution in [1.29, 1.82) is 0 Å². The van der Waals surface area contributed by atoms with Crippen LogP contribution < -0.4 is 11.1 Å². The van der Waals surface area contributed by atoms with Crippen LogP contribution in [0, 0.1) is 18.8 Å². The summed E-state index contributed by atoms with van der Waals surface area (Å²) in [7, 11) is 0. The maximum atomic E-state index is 11.5. The number of pyridine rings is 1. The molecule has 2 aromatic rings. The molecule has 1 aromatic carbocycles. The van der Waals surface area contributed by atoms with Crippen LogP contribution >= 0.6 is 0 Å². The van der Waals surface area contributed by atoms with E-state index in [1.54, 1.807) is 12.3 Å². The third-order valence-corrected chi connectivity index (χ3v) is 2.90. The third kappa shape index (κ3) is 4.84. The quantitative estimate of drug-likeness (QED) is 0.851. The lowest BCUT2D eigenvalue weighted by molar-refractivity contribution is 0.141. The highest BCUT2D eigenvalue weighted by Gasteiger charge is 2.00. The molecule has 22 heavy (non-hydrogen) atoms. The number of nitrogens with zero attached hydrogens (tertiary/aromatic N) is 1. The number of nitrogens with two attached hydrogens (primary N) is 1. The molecule has 0 aliphatic rings. The number of alkyl carbamates (subject to hydrolysis) is 1. The molecule has 0 unspecified atom stereocenters. The second-order valence-electron chi connectivity index (χ2n) is 4.64. The number of anilines is 1. The molecule has 2 rings (SSSR count). The summed E-state index contributed by atoms with van der Waals surface area (Å²) in [6.45, 7) is 2.32. The second kappa shape index (κ2) is 7.70. The van der Waals surface area contributed by atoms with E-state index in [9.17, 15) is 4.79 Å². The molecule has 1 aromatic heterocycles. The summed E-state index contributed by atoms with van der Waals surface area (Å²) in [5.41, 5.74) is 8.79. The van der Waals surface area contributed by atoms with Crippen molar-refractivity contribution in [2.24, 2.45) is 0 Å². The number of benzene rings is 1. The number of hydrogen-bond donors (Lipinski definition) is 2. The van der Waals surface area contributed by atoms with Gasteiger partial charge in [-0.05, 0) is 30.0 Å². The maximum Gasteiger partial charge on any atom is 0.408 e. The number of aromatic nitrogens is 1. The van der Waals surface area contributed by atoms with Crippen molar-refractivity contribution in [2.45, 2.75) is 13.5 Å². The van der Waals surface area contributed by atoms with Crippen molar-refractivity contribution in [3.63, 3.8) is 0 Å². The number of carbonyl (C=O) groups is 1. The van der Waals surface area contributed by atoms with E-state index >= 15 is 0 Å². The van der Waals surface area contributed by atoms with Gasteiger partial charge >= 0.3 is 6.09 Å². The van der Waals surface area contributed by atoms with Crippen LogP contribution in [0.25, 0.3) is 0 Å². The Morgan fingerprint density at radius 1 is 1.36 bits per heavy atom. The average molecular weight is 295 g/mol. The molecule has 0 radical (unpaired) electrons. The highest BCUT2D eigenvalue weighted by atomic mass is 16.5. The lowest BCUT2D eigenvalue weighted by atomic mass is 10.2. The van der Waals surface area contributed by atoms with Gasteiger partial charge in [0.15, 0.2) is 0 Å². The zero-order chi connectivity index (χ0) is 15.8. The highest BCUT2D eigenvalue weighted by Crippen LogP contribution is 2.08. The van der Waals surface area contributed by atoms with Crippen LogP contribution in [0.3, 0.4) is 0 Å². The van der Waals surface area contributed by atoms with Gasteiger partial charge in [-0.3, -0.25) is 0 Å². The highest BCUT2D eigenvalue weighted by molar-refractivity contribution is 5.67. The fourth-order valence-corrected chi connectivity index (χ4v) is 1.66. The summed E-state index contributed by atoms with van der Waals surface area (Å²) in [6, 6.07) is 11.3. The van der Waals surface area contributed by atoms with Crippen LogP contribution in [0.1, 0.15) is 16.8 Å². The molecule has 0 aliphatic carbocycles. The molecule has 1 heterocycles. The van der Waals surface area contributed by atoms with Crippen LogP contribution in [0.2, 0.25) is 0 Å². The summed E-state index contributed by atoms with van der Waals surface area (Å²) in [5, 5.41) is 2.56. The molecular weight excluding hydrogens is 278 g/mol. The standard InChI is InChI=1S/C17H17N3O2/c1-13-10-15(20-11-16(13)18)8-5-9-19-17(21)22-12-14-6-3-2-4-7-14/h2-4,6-7,10-11H,9,12,18H2,1H3,(H,19,21). The minimum Gasteiger partial charge on any atom is -0.445 e. The van der Waals surface area contributed by atoms with Crippen molar-refractivity contribution in [3.05, 3.63) is 59.4 Å². The first kappa shape index (κ1) is 15.4. The van der Waals surface area contributed by atoms with E-state index in [-0.39, 0.29) is 13.2 Å². The minimum atomic E-state index is -0.500. The molecule has 3 N–H and O–H groups in total. The zero-order valence-corrected chi connectivity index (χ0v) is 12.3. The lowest BCUT2D eigenvalue weighted by Crippen LogP contribution is -2.24. The van der Waals surface area contributed by atoms with Crippen molar-refractivity contribution < 1.29 is 9.53 Å². The first-order chi connectivity index (χ1) is 10.6. The molecule has 0 saturated heterocycles. The number of hydrogen-bond acceptors (Lipinski definition) is 4. The molecule has 0 spiro atoms. The average Bonchev–Trinajstić information content (AvgIpc) is 2.54. The van der Waals surface area contributed by atoms with Gasteiger partial charge in [-0.1, -0.05) is 36.3 Å². The predicted octanol–water partition coefficient (Wildman–Crippen LogP) is 2.25. The Bertz CT molecular complexity index is 703. The molecular formula is C17H17N3O2. The SMILES string of the molecule is Cc1cc(C#CCNC(=O)OCc2ccccc2)ncc1N. The van der Waals surface area contributed by atoms with Crippen molar-refractivity contribution in [1.82, 2.24) is 10.3 Å². The summed E-state index contributed by atoms with van der Waals surface area (Å²) in [5.74, 6) is 5.67. The van der Waals surface area contributed by atoms with Crippen LogP contribution in [-0.2, 0) is 11.3 Å². The van der Waals surface area contributed by atoms with Gasteiger partial charge in [0.1, 0.15) is 12.3 Å². The molecule has 0 saturated carbocycles. The van der Waals surface area contributed by atoms with Gasteiger partial charge in [0.25, 0.3) is 0 Å². The Labute approximate surface area is 129 Å². The van der Waals surface area contributed by atoms with Gasteiger partial charge in [0.2, 0.25) is 0 Å². The van der Waals surface area contributed by atoms with E-state index in [1.165, 1.54) is 0 Å². The summed E-state index contributed by atoms with van der Waals surface area (Å²) in [6.07, 6.45) is 1.07. The van der Waals surface area contributed by atoms with Gasteiger partial charge in [-0.2, -0.15) is 0 Å². The predicted molar refractivity (Wildman–Crippen MR) is 84.9 cm³/mol. The number of rotatable bonds is 3. The largest absolute Gasteiger partial charge is 0.445 e. The normalized spacial score (nSPS) is 9.50. The first-order valence-corrected chi connectivity index (χ1v) is 6.80. The maximum absolute atomic E-state index is 11.5. The van der Waals surface area contributed by atoms with Gasteiger partial charge < -0.3 is 15.8 Å². The van der Waals surface area contributed by atoms with Gasteiger partial charge in [0, 0.05) is 0 Å². The lowest BCUT2D eigenvalue weighted by Gasteiger charge is -2.04. The van der Waals surface area contributed by atoms with Crippen LogP contribution in [0.4, 0.5) is 10.5 Å². The second-order valence-corrected chi connectivity index (χ2v) is 4.64. The van der Waals surface area contributed by atoms with Gasteiger partial charge in [-0.25, -0.2) is 9.78 Å². The Balaban J connectivity index is 1.75. The number of ether oxygens (including phenoxy) is 1. The van der Waals surface area contributed by atoms with Crippen LogP contribution in [0.15, 0.2) is 42.6 Å². The van der Waals surface area contributed by atoms with E-state index in [0.29, 0.717) is 11.4 Å². The molecule has 0 aliphatic heterocycles. The molecule has 0 bridgehead atoms. The number of carbonyl (C=O) groups excluding carboxylic acids is 1. The fourth-order valence-electron chi connectivity index (χ4n) is 1.66. The number of amides is 1. The van der Waals surface area contributed by atoms with Crippen LogP contribution in [-0.4, -0.2) is 17.6 Å². The van der Waals surface area contributed by atoms with Crippen molar-refractivity contribution in [2.75, 3.05) is 12.3 Å². The van der Waals surface area contributed by atoms with E-state index in [0.717, 1.165) is 11.1 Å². The van der Waals surface area contributed by atoms with E-state index in [4.69, 9.17) is 10.5 Å².